The number of sulfonamides is 1. The first kappa shape index (κ1) is 16.7. The molecule has 1 amide bonds. The molecule has 1 aliphatic heterocycles. The van der Waals surface area contributed by atoms with Crippen molar-refractivity contribution in [2.75, 3.05) is 12.8 Å². The van der Waals surface area contributed by atoms with Crippen LogP contribution in [0.5, 0.6) is 0 Å². The van der Waals surface area contributed by atoms with Gasteiger partial charge in [-0.25, -0.2) is 13.1 Å². The number of benzene rings is 1. The average molecular weight is 345 g/mol. The van der Waals surface area contributed by atoms with Crippen LogP contribution in [0, 0.1) is 5.41 Å². The monoisotopic (exact) mass is 344 g/mol. The molecule has 1 aliphatic rings. The van der Waals surface area contributed by atoms with Crippen molar-refractivity contribution in [3.8, 4) is 0 Å². The van der Waals surface area contributed by atoms with E-state index in [0.717, 1.165) is 11.8 Å². The predicted molar refractivity (Wildman–Crippen MR) is 84.1 cm³/mol. The molecule has 22 heavy (non-hydrogen) atoms. The highest BCUT2D eigenvalue weighted by molar-refractivity contribution is 7.88. The van der Waals surface area contributed by atoms with Gasteiger partial charge >= 0.3 is 0 Å². The van der Waals surface area contributed by atoms with E-state index in [1.165, 1.54) is 4.90 Å². The van der Waals surface area contributed by atoms with E-state index in [0.29, 0.717) is 5.02 Å². The smallest absolute Gasteiger partial charge is 0.256 e. The van der Waals surface area contributed by atoms with Gasteiger partial charge < -0.3 is 5.32 Å². The number of amides is 1. The van der Waals surface area contributed by atoms with Gasteiger partial charge in [0.2, 0.25) is 10.0 Å². The molecule has 120 valence electrons. The summed E-state index contributed by atoms with van der Waals surface area (Å²) in [6.07, 6.45) is 1.02. The Kier molecular flexibility index (Phi) is 4.46. The number of halogens is 1. The molecule has 0 aromatic heterocycles. The summed E-state index contributed by atoms with van der Waals surface area (Å²) in [6.45, 7) is 1.62. The van der Waals surface area contributed by atoms with Gasteiger partial charge in [0.05, 0.1) is 12.8 Å². The molecule has 0 radical (unpaired) electrons. The van der Waals surface area contributed by atoms with Gasteiger partial charge in [-0.2, -0.15) is 0 Å². The van der Waals surface area contributed by atoms with Crippen molar-refractivity contribution in [2.45, 2.75) is 19.0 Å². The molecule has 1 saturated heterocycles. The molecule has 1 heterocycles. The van der Waals surface area contributed by atoms with Crippen LogP contribution in [-0.4, -0.2) is 43.5 Å². The largest absolute Gasteiger partial charge is 0.341 e. The molecule has 0 aliphatic carbocycles. The average Bonchev–Trinajstić information content (AvgIpc) is 2.60. The Hall–Kier alpha value is -1.64. The van der Waals surface area contributed by atoms with Crippen LogP contribution in [0.15, 0.2) is 24.3 Å². The summed E-state index contributed by atoms with van der Waals surface area (Å²) in [7, 11) is -3.42. The molecule has 9 heteroatoms. The number of rotatable bonds is 5. The molecule has 0 saturated carbocycles. The van der Waals surface area contributed by atoms with Crippen LogP contribution in [0.4, 0.5) is 0 Å². The van der Waals surface area contributed by atoms with Crippen LogP contribution in [0.3, 0.4) is 0 Å². The summed E-state index contributed by atoms with van der Waals surface area (Å²) in [5, 5.41) is 11.2. The Morgan fingerprint density at radius 3 is 2.73 bits per heavy atom. The molecule has 1 unspecified atom stereocenters. The van der Waals surface area contributed by atoms with Crippen LogP contribution >= 0.6 is 11.6 Å². The van der Waals surface area contributed by atoms with E-state index in [1.54, 1.807) is 31.2 Å². The quantitative estimate of drug-likeness (QED) is 0.724. The third-order valence-corrected chi connectivity index (χ3v) is 4.20. The molecule has 0 bridgehead atoms. The minimum Gasteiger partial charge on any atom is -0.341 e. The van der Waals surface area contributed by atoms with Gasteiger partial charge in [-0.15, -0.1) is 0 Å². The molecule has 1 atom stereocenters. The molecule has 0 spiro atoms. The summed E-state index contributed by atoms with van der Waals surface area (Å²) in [4.78, 5) is 13.8. The lowest BCUT2D eigenvalue weighted by atomic mass is 10.0. The number of hydrogen-bond donors (Lipinski definition) is 3. The minimum absolute atomic E-state index is 0.0669. The second-order valence-electron chi connectivity index (χ2n) is 5.42. The van der Waals surface area contributed by atoms with Gasteiger partial charge in [-0.05, 0) is 24.6 Å². The van der Waals surface area contributed by atoms with Gasteiger partial charge in [-0.3, -0.25) is 15.1 Å². The van der Waals surface area contributed by atoms with E-state index in [-0.39, 0.29) is 25.0 Å². The van der Waals surface area contributed by atoms with Gasteiger partial charge in [0, 0.05) is 11.6 Å². The fourth-order valence-corrected chi connectivity index (χ4v) is 2.91. The van der Waals surface area contributed by atoms with Crippen LogP contribution in [0.2, 0.25) is 5.02 Å². The lowest BCUT2D eigenvalue weighted by Crippen LogP contribution is -2.52. The van der Waals surface area contributed by atoms with Crippen molar-refractivity contribution < 1.29 is 13.2 Å². The van der Waals surface area contributed by atoms with Crippen LogP contribution < -0.4 is 10.0 Å². The number of nitrogens with zero attached hydrogens (tertiary/aromatic N) is 1. The topological polar surface area (TPSA) is 102 Å². The minimum atomic E-state index is -3.42. The molecular formula is C13H17ClN4O3S. The normalized spacial score (nSPS) is 22.0. The van der Waals surface area contributed by atoms with E-state index in [2.05, 4.69) is 10.0 Å². The maximum Gasteiger partial charge on any atom is 0.256 e. The van der Waals surface area contributed by atoms with Gasteiger partial charge in [-0.1, -0.05) is 23.7 Å². The first-order valence-electron chi connectivity index (χ1n) is 6.48. The Bertz CT molecular complexity index is 722. The zero-order valence-electron chi connectivity index (χ0n) is 12.2. The Morgan fingerprint density at radius 2 is 2.14 bits per heavy atom. The van der Waals surface area contributed by atoms with Crippen molar-refractivity contribution >= 4 is 33.5 Å². The van der Waals surface area contributed by atoms with Crippen molar-refractivity contribution in [1.82, 2.24) is 14.9 Å². The Labute approximate surface area is 134 Å². The van der Waals surface area contributed by atoms with Gasteiger partial charge in [0.15, 0.2) is 5.96 Å². The lowest BCUT2D eigenvalue weighted by Gasteiger charge is -2.22. The SMILES string of the molecule is CC1(CNS(C)(=O)=O)NC(=N)N(Cc2cccc(Cl)c2)C1=O. The lowest BCUT2D eigenvalue weighted by molar-refractivity contribution is -0.130. The van der Waals surface area contributed by atoms with Crippen LogP contribution in [-0.2, 0) is 21.4 Å². The van der Waals surface area contributed by atoms with Gasteiger partial charge in [0.1, 0.15) is 5.54 Å². The first-order chi connectivity index (χ1) is 10.1. The van der Waals surface area contributed by atoms with Crippen molar-refractivity contribution in [3.05, 3.63) is 34.9 Å². The van der Waals surface area contributed by atoms with E-state index in [9.17, 15) is 13.2 Å². The van der Waals surface area contributed by atoms with Crippen molar-refractivity contribution in [1.29, 1.82) is 5.41 Å². The van der Waals surface area contributed by atoms with E-state index in [4.69, 9.17) is 17.0 Å². The molecule has 1 aromatic rings. The number of carbonyl (C=O) groups is 1. The summed E-state index contributed by atoms with van der Waals surface area (Å²) < 4.78 is 24.7. The fourth-order valence-electron chi connectivity index (χ4n) is 2.15. The van der Waals surface area contributed by atoms with E-state index in [1.807, 2.05) is 0 Å². The standard InChI is InChI=1S/C13H17ClN4O3S/c1-13(8-16-22(2,20)21)11(19)18(12(15)17-13)7-9-4-3-5-10(14)6-9/h3-6,16H,7-8H2,1-2H3,(H2,15,17). The summed E-state index contributed by atoms with van der Waals surface area (Å²) in [5.74, 6) is -0.434. The number of carbonyl (C=O) groups excluding carboxylic acids is 1. The summed E-state index contributed by atoms with van der Waals surface area (Å²) >= 11 is 5.91. The molecule has 3 N–H and O–H groups in total. The number of guanidine groups is 1. The van der Waals surface area contributed by atoms with Crippen molar-refractivity contribution in [3.63, 3.8) is 0 Å². The Balaban J connectivity index is 2.14. The summed E-state index contributed by atoms with van der Waals surface area (Å²) in [6, 6.07) is 7.00. The second-order valence-corrected chi connectivity index (χ2v) is 7.69. The highest BCUT2D eigenvalue weighted by atomic mass is 35.5. The predicted octanol–water partition coefficient (Wildman–Crippen LogP) is 0.514. The number of hydrogen-bond acceptors (Lipinski definition) is 4. The molecule has 1 fully saturated rings. The second kappa shape index (κ2) is 5.86. The third kappa shape index (κ3) is 3.76. The zero-order valence-corrected chi connectivity index (χ0v) is 13.8. The highest BCUT2D eigenvalue weighted by Gasteiger charge is 2.46. The van der Waals surface area contributed by atoms with Crippen LogP contribution in [0.25, 0.3) is 0 Å². The molecule has 2 rings (SSSR count). The Morgan fingerprint density at radius 1 is 1.45 bits per heavy atom. The third-order valence-electron chi connectivity index (χ3n) is 3.30. The zero-order chi connectivity index (χ0) is 16.5. The fraction of sp³-hybridized carbons (Fsp3) is 0.385. The van der Waals surface area contributed by atoms with E-state index >= 15 is 0 Å². The van der Waals surface area contributed by atoms with Crippen LogP contribution in [0.1, 0.15) is 12.5 Å². The maximum atomic E-state index is 12.5. The maximum absolute atomic E-state index is 12.5. The number of nitrogens with one attached hydrogen (secondary N) is 3. The molecular weight excluding hydrogens is 328 g/mol. The van der Waals surface area contributed by atoms with Crippen molar-refractivity contribution in [2.24, 2.45) is 0 Å². The first-order valence-corrected chi connectivity index (χ1v) is 8.75. The highest BCUT2D eigenvalue weighted by Crippen LogP contribution is 2.20. The van der Waals surface area contributed by atoms with E-state index < -0.39 is 15.6 Å². The van der Waals surface area contributed by atoms with Gasteiger partial charge in [0.25, 0.3) is 5.91 Å². The molecule has 7 nitrogen and oxygen atoms in total. The molecule has 1 aromatic carbocycles. The summed E-state index contributed by atoms with van der Waals surface area (Å²) in [5.41, 5.74) is -0.397.